The van der Waals surface area contributed by atoms with Crippen LogP contribution in [0.2, 0.25) is 10.0 Å². The average Bonchev–Trinajstić information content (AvgIpc) is 2.18. The van der Waals surface area contributed by atoms with E-state index in [-0.39, 0.29) is 6.04 Å². The molecule has 0 amide bonds. The van der Waals surface area contributed by atoms with E-state index >= 15 is 0 Å². The molecular formula is C11H16Cl2N2. The van der Waals surface area contributed by atoms with E-state index in [0.29, 0.717) is 16.0 Å². The fraction of sp³-hybridized carbons (Fsp3) is 0.455. The highest BCUT2D eigenvalue weighted by atomic mass is 35.5. The van der Waals surface area contributed by atoms with Gasteiger partial charge in [-0.05, 0) is 30.0 Å². The lowest BCUT2D eigenvalue weighted by molar-refractivity contribution is 0.438. The summed E-state index contributed by atoms with van der Waals surface area (Å²) < 4.78 is 0. The molecular weight excluding hydrogens is 231 g/mol. The summed E-state index contributed by atoms with van der Waals surface area (Å²) in [4.78, 5) is 0. The number of rotatable bonds is 4. The molecule has 1 rings (SSSR count). The van der Waals surface area contributed by atoms with Gasteiger partial charge in [0.1, 0.15) is 0 Å². The van der Waals surface area contributed by atoms with Gasteiger partial charge in [0.2, 0.25) is 0 Å². The average molecular weight is 247 g/mol. The molecule has 0 spiro atoms. The molecule has 0 aromatic heterocycles. The van der Waals surface area contributed by atoms with Crippen molar-refractivity contribution in [1.29, 1.82) is 0 Å². The molecule has 15 heavy (non-hydrogen) atoms. The van der Waals surface area contributed by atoms with Gasteiger partial charge in [0.15, 0.2) is 0 Å². The second-order valence-corrected chi connectivity index (χ2v) is 4.84. The predicted molar refractivity (Wildman–Crippen MR) is 66.0 cm³/mol. The first-order chi connectivity index (χ1) is 7.04. The molecule has 1 unspecified atom stereocenters. The molecule has 0 aliphatic carbocycles. The smallest absolute Gasteiger partial charge is 0.0595 e. The van der Waals surface area contributed by atoms with Crippen LogP contribution < -0.4 is 11.3 Å². The topological polar surface area (TPSA) is 38.0 Å². The lowest BCUT2D eigenvalue weighted by atomic mass is 9.98. The van der Waals surface area contributed by atoms with Crippen LogP contribution in [0.5, 0.6) is 0 Å². The van der Waals surface area contributed by atoms with Gasteiger partial charge in [0.05, 0.1) is 10.0 Å². The van der Waals surface area contributed by atoms with E-state index < -0.39 is 0 Å². The second-order valence-electron chi connectivity index (χ2n) is 4.02. The number of hydrogen-bond donors (Lipinski definition) is 2. The van der Waals surface area contributed by atoms with E-state index in [9.17, 15) is 0 Å². The van der Waals surface area contributed by atoms with Gasteiger partial charge in [-0.15, -0.1) is 0 Å². The summed E-state index contributed by atoms with van der Waals surface area (Å²) in [6, 6.07) is 5.72. The van der Waals surface area contributed by atoms with Gasteiger partial charge in [-0.2, -0.15) is 0 Å². The summed E-state index contributed by atoms with van der Waals surface area (Å²) in [5, 5.41) is 1.14. The summed E-state index contributed by atoms with van der Waals surface area (Å²) >= 11 is 11.8. The van der Waals surface area contributed by atoms with Gasteiger partial charge in [-0.1, -0.05) is 43.1 Å². The molecule has 0 aliphatic rings. The normalized spacial score (nSPS) is 13.2. The molecule has 84 valence electrons. The Morgan fingerprint density at radius 1 is 1.27 bits per heavy atom. The van der Waals surface area contributed by atoms with Gasteiger partial charge in [0.25, 0.3) is 0 Å². The third-order valence-corrected chi connectivity index (χ3v) is 2.99. The molecule has 1 atom stereocenters. The van der Waals surface area contributed by atoms with Crippen molar-refractivity contribution < 1.29 is 0 Å². The number of halogens is 2. The van der Waals surface area contributed by atoms with Crippen LogP contribution >= 0.6 is 23.2 Å². The van der Waals surface area contributed by atoms with E-state index in [1.54, 1.807) is 6.07 Å². The third-order valence-electron chi connectivity index (χ3n) is 2.25. The zero-order valence-electron chi connectivity index (χ0n) is 8.93. The Hall–Kier alpha value is -0.280. The van der Waals surface area contributed by atoms with Crippen LogP contribution in [0.4, 0.5) is 0 Å². The standard InChI is InChI=1S/C11H16Cl2N2/c1-7(2)5-11(15-14)8-3-4-9(12)10(13)6-8/h3-4,6-7,11,15H,5,14H2,1-2H3. The van der Waals surface area contributed by atoms with Crippen LogP contribution in [-0.2, 0) is 0 Å². The Kier molecular flexibility index (Phi) is 4.87. The van der Waals surface area contributed by atoms with Crippen LogP contribution in [0.15, 0.2) is 18.2 Å². The number of benzene rings is 1. The molecule has 0 radical (unpaired) electrons. The molecule has 1 aromatic carbocycles. The molecule has 0 saturated carbocycles. The number of nitrogens with two attached hydrogens (primary N) is 1. The first-order valence-electron chi connectivity index (χ1n) is 4.95. The Balaban J connectivity index is 2.87. The van der Waals surface area contributed by atoms with Crippen LogP contribution in [0, 0.1) is 5.92 Å². The zero-order valence-corrected chi connectivity index (χ0v) is 10.4. The summed E-state index contributed by atoms with van der Waals surface area (Å²) in [5.74, 6) is 6.09. The summed E-state index contributed by atoms with van der Waals surface area (Å²) in [6.45, 7) is 4.31. The Bertz CT molecular complexity index is 326. The van der Waals surface area contributed by atoms with Gasteiger partial charge in [0, 0.05) is 6.04 Å². The Morgan fingerprint density at radius 3 is 2.40 bits per heavy atom. The molecule has 0 bridgehead atoms. The van der Waals surface area contributed by atoms with Gasteiger partial charge < -0.3 is 0 Å². The molecule has 4 heteroatoms. The van der Waals surface area contributed by atoms with E-state index in [1.807, 2.05) is 12.1 Å². The summed E-state index contributed by atoms with van der Waals surface area (Å²) in [6.07, 6.45) is 0.967. The first kappa shape index (κ1) is 12.8. The fourth-order valence-electron chi connectivity index (χ4n) is 1.50. The Morgan fingerprint density at radius 2 is 1.93 bits per heavy atom. The van der Waals surface area contributed by atoms with E-state index in [0.717, 1.165) is 12.0 Å². The third kappa shape index (κ3) is 3.65. The van der Waals surface area contributed by atoms with Crippen LogP contribution in [0.25, 0.3) is 0 Å². The van der Waals surface area contributed by atoms with Gasteiger partial charge >= 0.3 is 0 Å². The molecule has 0 aliphatic heterocycles. The quantitative estimate of drug-likeness (QED) is 0.630. The largest absolute Gasteiger partial charge is 0.271 e. The minimum Gasteiger partial charge on any atom is -0.271 e. The Labute approximate surface area is 101 Å². The zero-order chi connectivity index (χ0) is 11.4. The monoisotopic (exact) mass is 246 g/mol. The van der Waals surface area contributed by atoms with Crippen molar-refractivity contribution in [2.45, 2.75) is 26.3 Å². The maximum Gasteiger partial charge on any atom is 0.0595 e. The lowest BCUT2D eigenvalue weighted by Gasteiger charge is -2.18. The lowest BCUT2D eigenvalue weighted by Crippen LogP contribution is -2.29. The maximum atomic E-state index is 5.95. The SMILES string of the molecule is CC(C)CC(NN)c1ccc(Cl)c(Cl)c1. The van der Waals surface area contributed by atoms with Crippen molar-refractivity contribution in [3.8, 4) is 0 Å². The van der Waals surface area contributed by atoms with Crippen LogP contribution in [0.3, 0.4) is 0 Å². The molecule has 3 N–H and O–H groups in total. The molecule has 0 heterocycles. The molecule has 2 nitrogen and oxygen atoms in total. The molecule has 0 saturated heterocycles. The van der Waals surface area contributed by atoms with E-state index in [2.05, 4.69) is 19.3 Å². The second kappa shape index (κ2) is 5.71. The highest BCUT2D eigenvalue weighted by molar-refractivity contribution is 6.42. The van der Waals surface area contributed by atoms with Crippen molar-refractivity contribution in [2.75, 3.05) is 0 Å². The fourth-order valence-corrected chi connectivity index (χ4v) is 1.81. The molecule has 1 aromatic rings. The van der Waals surface area contributed by atoms with Crippen molar-refractivity contribution >= 4 is 23.2 Å². The van der Waals surface area contributed by atoms with Crippen molar-refractivity contribution in [2.24, 2.45) is 11.8 Å². The number of nitrogens with one attached hydrogen (secondary N) is 1. The summed E-state index contributed by atoms with van der Waals surface area (Å²) in [7, 11) is 0. The number of hydrogen-bond acceptors (Lipinski definition) is 2. The van der Waals surface area contributed by atoms with Crippen molar-refractivity contribution in [3.05, 3.63) is 33.8 Å². The molecule has 0 fully saturated rings. The maximum absolute atomic E-state index is 5.95. The van der Waals surface area contributed by atoms with E-state index in [4.69, 9.17) is 29.0 Å². The van der Waals surface area contributed by atoms with Crippen molar-refractivity contribution in [3.63, 3.8) is 0 Å². The highest BCUT2D eigenvalue weighted by Crippen LogP contribution is 2.27. The number of hydrazine groups is 1. The highest BCUT2D eigenvalue weighted by Gasteiger charge is 2.12. The van der Waals surface area contributed by atoms with Crippen LogP contribution in [0.1, 0.15) is 31.9 Å². The van der Waals surface area contributed by atoms with Gasteiger partial charge in [-0.3, -0.25) is 11.3 Å². The van der Waals surface area contributed by atoms with Gasteiger partial charge in [-0.25, -0.2) is 0 Å². The predicted octanol–water partition coefficient (Wildman–Crippen LogP) is 3.54. The summed E-state index contributed by atoms with van der Waals surface area (Å²) in [5.41, 5.74) is 3.86. The van der Waals surface area contributed by atoms with Crippen LogP contribution in [-0.4, -0.2) is 0 Å². The minimum absolute atomic E-state index is 0.125. The first-order valence-corrected chi connectivity index (χ1v) is 5.71. The minimum atomic E-state index is 0.125. The van der Waals surface area contributed by atoms with Crippen molar-refractivity contribution in [1.82, 2.24) is 5.43 Å². The van der Waals surface area contributed by atoms with E-state index in [1.165, 1.54) is 0 Å².